The van der Waals surface area contributed by atoms with Gasteiger partial charge in [0.1, 0.15) is 6.04 Å². The zero-order valence-electron chi connectivity index (χ0n) is 9.24. The fourth-order valence-electron chi connectivity index (χ4n) is 1.04. The highest BCUT2D eigenvalue weighted by molar-refractivity contribution is 5.84. The molecule has 0 fully saturated rings. The molecule has 0 rings (SSSR count). The van der Waals surface area contributed by atoms with Gasteiger partial charge in [-0.25, -0.2) is 4.79 Å². The Kier molecular flexibility index (Phi) is 6.11. The van der Waals surface area contributed by atoms with Crippen molar-refractivity contribution in [3.63, 3.8) is 0 Å². The van der Waals surface area contributed by atoms with Crippen LogP contribution in [0.15, 0.2) is 0 Å². The molecule has 0 radical (unpaired) electrons. The number of ether oxygens (including phenoxy) is 1. The Hall–Kier alpha value is -1.57. The summed E-state index contributed by atoms with van der Waals surface area (Å²) in [7, 11) is 1.28. The van der Waals surface area contributed by atoms with Crippen molar-refractivity contribution >= 4 is 11.9 Å². The summed E-state index contributed by atoms with van der Waals surface area (Å²) < 4.78 is 4.56. The highest BCUT2D eigenvalue weighted by Gasteiger charge is 2.24. The zero-order valence-corrected chi connectivity index (χ0v) is 9.24. The summed E-state index contributed by atoms with van der Waals surface area (Å²) in [6, 6.07) is 1.23. The van der Waals surface area contributed by atoms with Gasteiger partial charge in [0.25, 0.3) is 0 Å². The van der Waals surface area contributed by atoms with Crippen LogP contribution in [0.4, 0.5) is 0 Å². The molecule has 0 aliphatic heterocycles. The van der Waals surface area contributed by atoms with Gasteiger partial charge in [0.2, 0.25) is 5.91 Å². The van der Waals surface area contributed by atoms with Crippen LogP contribution in [0.1, 0.15) is 26.7 Å². The summed E-state index contributed by atoms with van der Waals surface area (Å²) >= 11 is 0. The van der Waals surface area contributed by atoms with E-state index in [0.717, 1.165) is 0 Å². The smallest absolute Gasteiger partial charge is 0.328 e. The van der Waals surface area contributed by atoms with E-state index in [-0.39, 0.29) is 24.7 Å². The van der Waals surface area contributed by atoms with Crippen molar-refractivity contribution < 1.29 is 14.3 Å². The molecule has 5 nitrogen and oxygen atoms in total. The lowest BCUT2D eigenvalue weighted by atomic mass is 10.0. The number of hydrogen-bond donors (Lipinski definition) is 1. The summed E-state index contributed by atoms with van der Waals surface area (Å²) in [6.07, 6.45) is 0.258. The van der Waals surface area contributed by atoms with Gasteiger partial charge in [-0.15, -0.1) is 0 Å². The summed E-state index contributed by atoms with van der Waals surface area (Å²) in [5, 5.41) is 10.8. The van der Waals surface area contributed by atoms with Crippen molar-refractivity contribution in [2.75, 3.05) is 7.11 Å². The standard InChI is InChI=1S/C10H16N2O3/c1-7(2)9(10(14)15-3)12-8(13)5-4-6-11/h7,9H,4-5H2,1-3H3,(H,12,13)/t9-/m0/s1. The number of methoxy groups -OCH3 is 1. The van der Waals surface area contributed by atoms with Gasteiger partial charge < -0.3 is 10.1 Å². The molecule has 0 saturated heterocycles. The molecule has 0 unspecified atom stereocenters. The first kappa shape index (κ1) is 13.4. The number of esters is 1. The number of nitriles is 1. The van der Waals surface area contributed by atoms with Gasteiger partial charge >= 0.3 is 5.97 Å². The first-order valence-electron chi connectivity index (χ1n) is 4.77. The minimum Gasteiger partial charge on any atom is -0.467 e. The molecule has 0 aromatic carbocycles. The second-order valence-electron chi connectivity index (χ2n) is 3.47. The molecule has 1 N–H and O–H groups in total. The fourth-order valence-corrected chi connectivity index (χ4v) is 1.04. The van der Waals surface area contributed by atoms with Crippen molar-refractivity contribution in [3.8, 4) is 6.07 Å². The maximum atomic E-state index is 11.3. The van der Waals surface area contributed by atoms with Crippen LogP contribution in [0.25, 0.3) is 0 Å². The number of hydrogen-bond acceptors (Lipinski definition) is 4. The molecule has 0 aromatic heterocycles. The molecule has 0 aliphatic rings. The highest BCUT2D eigenvalue weighted by Crippen LogP contribution is 2.04. The molecule has 1 atom stereocenters. The van der Waals surface area contributed by atoms with Gasteiger partial charge in [-0.05, 0) is 5.92 Å². The van der Waals surface area contributed by atoms with Gasteiger partial charge in [0, 0.05) is 12.8 Å². The lowest BCUT2D eigenvalue weighted by Gasteiger charge is -2.19. The molecule has 0 aromatic rings. The third-order valence-corrected chi connectivity index (χ3v) is 1.90. The Morgan fingerprint density at radius 1 is 1.47 bits per heavy atom. The second-order valence-corrected chi connectivity index (χ2v) is 3.47. The van der Waals surface area contributed by atoms with E-state index in [1.165, 1.54) is 7.11 Å². The quantitative estimate of drug-likeness (QED) is 0.677. The lowest BCUT2D eigenvalue weighted by Crippen LogP contribution is -2.44. The van der Waals surface area contributed by atoms with Gasteiger partial charge in [0.15, 0.2) is 0 Å². The number of amides is 1. The SMILES string of the molecule is COC(=O)[C@@H](NC(=O)CCC#N)C(C)C. The van der Waals surface area contributed by atoms with Crippen LogP contribution in [0.5, 0.6) is 0 Å². The molecule has 0 saturated carbocycles. The number of carbonyl (C=O) groups is 2. The van der Waals surface area contributed by atoms with Crippen LogP contribution >= 0.6 is 0 Å². The van der Waals surface area contributed by atoms with E-state index in [9.17, 15) is 9.59 Å². The maximum absolute atomic E-state index is 11.3. The molecule has 0 heterocycles. The number of carbonyl (C=O) groups excluding carboxylic acids is 2. The Balaban J connectivity index is 4.24. The first-order chi connectivity index (χ1) is 7.02. The van der Waals surface area contributed by atoms with E-state index < -0.39 is 12.0 Å². The van der Waals surface area contributed by atoms with E-state index in [4.69, 9.17) is 5.26 Å². The Morgan fingerprint density at radius 2 is 2.07 bits per heavy atom. The van der Waals surface area contributed by atoms with E-state index >= 15 is 0 Å². The molecule has 0 bridgehead atoms. The Bertz CT molecular complexity index is 268. The summed E-state index contributed by atoms with van der Waals surface area (Å²) in [4.78, 5) is 22.5. The van der Waals surface area contributed by atoms with Crippen LogP contribution in [0, 0.1) is 17.2 Å². The third kappa shape index (κ3) is 5.01. The van der Waals surface area contributed by atoms with Crippen LogP contribution in [-0.4, -0.2) is 25.0 Å². The third-order valence-electron chi connectivity index (χ3n) is 1.90. The zero-order chi connectivity index (χ0) is 11.8. The molecule has 5 heteroatoms. The van der Waals surface area contributed by atoms with Crippen molar-refractivity contribution in [3.05, 3.63) is 0 Å². The number of nitrogens with one attached hydrogen (secondary N) is 1. The van der Waals surface area contributed by atoms with Gasteiger partial charge in [-0.1, -0.05) is 13.8 Å². The Morgan fingerprint density at radius 3 is 2.47 bits per heavy atom. The fraction of sp³-hybridized carbons (Fsp3) is 0.700. The van der Waals surface area contributed by atoms with E-state index in [0.29, 0.717) is 0 Å². The summed E-state index contributed by atoms with van der Waals surface area (Å²) in [6.45, 7) is 3.62. The van der Waals surface area contributed by atoms with Crippen molar-refractivity contribution in [1.82, 2.24) is 5.32 Å². The van der Waals surface area contributed by atoms with Gasteiger partial charge in [-0.2, -0.15) is 5.26 Å². The number of rotatable bonds is 5. The summed E-state index contributed by atoms with van der Waals surface area (Å²) in [5.74, 6) is -0.806. The molecule has 15 heavy (non-hydrogen) atoms. The molecular formula is C10H16N2O3. The minimum absolute atomic E-state index is 0.0384. The van der Waals surface area contributed by atoms with Crippen LogP contribution in [0.2, 0.25) is 0 Å². The van der Waals surface area contributed by atoms with Crippen molar-refractivity contribution in [1.29, 1.82) is 5.26 Å². The molecule has 1 amide bonds. The predicted octanol–water partition coefficient (Wildman–Crippen LogP) is 0.604. The van der Waals surface area contributed by atoms with Crippen LogP contribution in [0.3, 0.4) is 0 Å². The Labute approximate surface area is 89.4 Å². The van der Waals surface area contributed by atoms with E-state index in [1.54, 1.807) is 0 Å². The van der Waals surface area contributed by atoms with E-state index in [2.05, 4.69) is 10.1 Å². The molecular weight excluding hydrogens is 196 g/mol. The van der Waals surface area contributed by atoms with Crippen molar-refractivity contribution in [2.45, 2.75) is 32.7 Å². The topological polar surface area (TPSA) is 79.2 Å². The second kappa shape index (κ2) is 6.82. The lowest BCUT2D eigenvalue weighted by molar-refractivity contribution is -0.146. The average molecular weight is 212 g/mol. The highest BCUT2D eigenvalue weighted by atomic mass is 16.5. The first-order valence-corrected chi connectivity index (χ1v) is 4.77. The molecule has 0 aliphatic carbocycles. The maximum Gasteiger partial charge on any atom is 0.328 e. The van der Waals surface area contributed by atoms with Crippen LogP contribution < -0.4 is 5.32 Å². The molecule has 0 spiro atoms. The monoisotopic (exact) mass is 212 g/mol. The van der Waals surface area contributed by atoms with E-state index in [1.807, 2.05) is 19.9 Å². The van der Waals surface area contributed by atoms with Crippen LogP contribution in [-0.2, 0) is 14.3 Å². The number of nitrogens with zero attached hydrogens (tertiary/aromatic N) is 1. The molecule has 84 valence electrons. The average Bonchev–Trinajstić information content (AvgIpc) is 2.21. The van der Waals surface area contributed by atoms with Gasteiger partial charge in [0.05, 0.1) is 13.2 Å². The summed E-state index contributed by atoms with van der Waals surface area (Å²) in [5.41, 5.74) is 0. The van der Waals surface area contributed by atoms with Gasteiger partial charge in [-0.3, -0.25) is 4.79 Å². The minimum atomic E-state index is -0.638. The predicted molar refractivity (Wildman–Crippen MR) is 53.6 cm³/mol. The normalized spacial score (nSPS) is 11.7. The largest absolute Gasteiger partial charge is 0.467 e. The van der Waals surface area contributed by atoms with Crippen molar-refractivity contribution in [2.24, 2.45) is 5.92 Å².